The first-order valence-electron chi connectivity index (χ1n) is 6.52. The molecule has 1 atom stereocenters. The van der Waals surface area contributed by atoms with Gasteiger partial charge in [0.25, 0.3) is 0 Å². The highest BCUT2D eigenvalue weighted by atomic mass is 35.5. The number of primary amides is 1. The molecular weight excluding hydrogens is 288 g/mol. The van der Waals surface area contributed by atoms with E-state index < -0.39 is 11.9 Å². The van der Waals surface area contributed by atoms with Crippen LogP contribution in [0.15, 0.2) is 48.5 Å². The van der Waals surface area contributed by atoms with E-state index in [0.29, 0.717) is 17.3 Å². The van der Waals surface area contributed by atoms with Gasteiger partial charge in [-0.25, -0.2) is 0 Å². The molecular formula is C16H17ClN2O2. The number of carbonyl (C=O) groups excluding carboxylic acids is 1. The molecule has 0 aromatic heterocycles. The zero-order valence-corrected chi connectivity index (χ0v) is 12.4. The van der Waals surface area contributed by atoms with Gasteiger partial charge in [0.1, 0.15) is 11.8 Å². The summed E-state index contributed by atoms with van der Waals surface area (Å²) in [7, 11) is 1.59. The smallest absolute Gasteiger partial charge is 0.239 e. The Labute approximate surface area is 128 Å². The Morgan fingerprint density at radius 3 is 2.62 bits per heavy atom. The third kappa shape index (κ3) is 3.97. The molecule has 0 spiro atoms. The quantitative estimate of drug-likeness (QED) is 0.862. The van der Waals surface area contributed by atoms with E-state index in [2.05, 4.69) is 5.32 Å². The minimum absolute atomic E-state index is 0.423. The first kappa shape index (κ1) is 15.4. The Balaban J connectivity index is 2.16. The average molecular weight is 305 g/mol. The van der Waals surface area contributed by atoms with Gasteiger partial charge < -0.3 is 10.5 Å². The molecule has 2 rings (SSSR count). The van der Waals surface area contributed by atoms with Crippen LogP contribution in [0.5, 0.6) is 5.75 Å². The highest BCUT2D eigenvalue weighted by Crippen LogP contribution is 2.23. The number of methoxy groups -OCH3 is 1. The lowest BCUT2D eigenvalue weighted by Gasteiger charge is -2.17. The molecule has 5 heteroatoms. The maximum Gasteiger partial charge on any atom is 0.239 e. The number of nitrogens with one attached hydrogen (secondary N) is 1. The van der Waals surface area contributed by atoms with E-state index in [0.717, 1.165) is 11.1 Å². The van der Waals surface area contributed by atoms with Gasteiger partial charge in [-0.15, -0.1) is 0 Å². The summed E-state index contributed by atoms with van der Waals surface area (Å²) >= 11 is 5.99. The largest absolute Gasteiger partial charge is 0.496 e. The molecule has 0 fully saturated rings. The molecule has 0 saturated carbocycles. The van der Waals surface area contributed by atoms with Crippen molar-refractivity contribution in [2.75, 3.05) is 7.11 Å². The summed E-state index contributed by atoms with van der Waals surface area (Å²) in [5.74, 6) is 0.283. The van der Waals surface area contributed by atoms with Crippen LogP contribution in [0.4, 0.5) is 0 Å². The molecule has 4 nitrogen and oxygen atoms in total. The van der Waals surface area contributed by atoms with Gasteiger partial charge in [0.2, 0.25) is 5.91 Å². The topological polar surface area (TPSA) is 64.3 Å². The van der Waals surface area contributed by atoms with Crippen LogP contribution in [-0.2, 0) is 11.3 Å². The number of halogens is 1. The number of hydrogen-bond donors (Lipinski definition) is 2. The van der Waals surface area contributed by atoms with Crippen LogP contribution in [0.1, 0.15) is 17.2 Å². The van der Waals surface area contributed by atoms with E-state index in [1.54, 1.807) is 25.3 Å². The summed E-state index contributed by atoms with van der Waals surface area (Å²) in [6.45, 7) is 0.423. The average Bonchev–Trinajstić information content (AvgIpc) is 2.48. The molecule has 0 radical (unpaired) electrons. The molecule has 3 N–H and O–H groups in total. The minimum atomic E-state index is -0.560. The molecule has 1 unspecified atom stereocenters. The Hall–Kier alpha value is -2.04. The predicted octanol–water partition coefficient (Wildman–Crippen LogP) is 2.66. The molecule has 2 aromatic carbocycles. The van der Waals surface area contributed by atoms with Crippen molar-refractivity contribution in [1.82, 2.24) is 5.32 Å². The van der Waals surface area contributed by atoms with Crippen LogP contribution in [-0.4, -0.2) is 13.0 Å². The highest BCUT2D eigenvalue weighted by molar-refractivity contribution is 6.30. The number of hydrogen-bond acceptors (Lipinski definition) is 3. The number of ether oxygens (including phenoxy) is 1. The van der Waals surface area contributed by atoms with Gasteiger partial charge >= 0.3 is 0 Å². The van der Waals surface area contributed by atoms with Crippen LogP contribution in [0.2, 0.25) is 5.02 Å². The van der Waals surface area contributed by atoms with E-state index in [1.165, 1.54) is 0 Å². The Kier molecular flexibility index (Phi) is 5.20. The fourth-order valence-corrected chi connectivity index (χ4v) is 2.32. The van der Waals surface area contributed by atoms with Gasteiger partial charge in [0.15, 0.2) is 0 Å². The molecule has 0 aliphatic rings. The van der Waals surface area contributed by atoms with Crippen LogP contribution in [0, 0.1) is 0 Å². The number of nitrogens with two attached hydrogens (primary N) is 1. The second kappa shape index (κ2) is 7.11. The van der Waals surface area contributed by atoms with E-state index in [-0.39, 0.29) is 0 Å². The molecule has 110 valence electrons. The van der Waals surface area contributed by atoms with Crippen molar-refractivity contribution in [3.8, 4) is 5.75 Å². The van der Waals surface area contributed by atoms with Crippen LogP contribution < -0.4 is 15.8 Å². The van der Waals surface area contributed by atoms with Crippen molar-refractivity contribution >= 4 is 17.5 Å². The molecule has 2 aromatic rings. The first-order valence-corrected chi connectivity index (χ1v) is 6.89. The normalized spacial score (nSPS) is 11.9. The summed E-state index contributed by atoms with van der Waals surface area (Å²) in [4.78, 5) is 11.6. The van der Waals surface area contributed by atoms with Gasteiger partial charge in [0, 0.05) is 17.1 Å². The van der Waals surface area contributed by atoms with E-state index in [9.17, 15) is 4.79 Å². The molecule has 21 heavy (non-hydrogen) atoms. The zero-order chi connectivity index (χ0) is 15.2. The minimum Gasteiger partial charge on any atom is -0.496 e. The predicted molar refractivity (Wildman–Crippen MR) is 83.2 cm³/mol. The van der Waals surface area contributed by atoms with Crippen molar-refractivity contribution in [3.05, 3.63) is 64.7 Å². The van der Waals surface area contributed by atoms with Crippen molar-refractivity contribution < 1.29 is 9.53 Å². The number of rotatable bonds is 6. The molecule has 1 amide bonds. The Morgan fingerprint density at radius 1 is 1.29 bits per heavy atom. The summed E-state index contributed by atoms with van der Waals surface area (Å²) in [5.41, 5.74) is 7.17. The van der Waals surface area contributed by atoms with Crippen LogP contribution in [0.3, 0.4) is 0 Å². The van der Waals surface area contributed by atoms with Crippen molar-refractivity contribution in [2.45, 2.75) is 12.6 Å². The maximum atomic E-state index is 11.6. The summed E-state index contributed by atoms with van der Waals surface area (Å²) in [5, 5.41) is 3.75. The van der Waals surface area contributed by atoms with Crippen LogP contribution in [0.25, 0.3) is 0 Å². The molecule has 0 aliphatic heterocycles. The second-order valence-electron chi connectivity index (χ2n) is 4.58. The third-order valence-electron chi connectivity index (χ3n) is 3.16. The lowest BCUT2D eigenvalue weighted by Crippen LogP contribution is -2.33. The molecule has 0 heterocycles. The molecule has 0 saturated heterocycles. The Bertz CT molecular complexity index is 617. The SMILES string of the molecule is COc1ccc(Cl)cc1CNC(C(N)=O)c1ccccc1. The Morgan fingerprint density at radius 2 is 2.00 bits per heavy atom. The van der Waals surface area contributed by atoms with Gasteiger partial charge in [-0.05, 0) is 23.8 Å². The summed E-state index contributed by atoms with van der Waals surface area (Å²) < 4.78 is 5.28. The number of amides is 1. The third-order valence-corrected chi connectivity index (χ3v) is 3.39. The second-order valence-corrected chi connectivity index (χ2v) is 5.02. The fraction of sp³-hybridized carbons (Fsp3) is 0.188. The van der Waals surface area contributed by atoms with E-state index >= 15 is 0 Å². The number of benzene rings is 2. The van der Waals surface area contributed by atoms with E-state index in [1.807, 2.05) is 30.3 Å². The maximum absolute atomic E-state index is 11.6. The zero-order valence-electron chi connectivity index (χ0n) is 11.7. The van der Waals surface area contributed by atoms with Gasteiger partial charge in [-0.3, -0.25) is 10.1 Å². The molecule has 0 bridgehead atoms. The van der Waals surface area contributed by atoms with Crippen molar-refractivity contribution in [3.63, 3.8) is 0 Å². The van der Waals surface area contributed by atoms with Gasteiger partial charge in [-0.1, -0.05) is 41.9 Å². The van der Waals surface area contributed by atoms with Crippen molar-refractivity contribution in [2.24, 2.45) is 5.73 Å². The highest BCUT2D eigenvalue weighted by Gasteiger charge is 2.17. The van der Waals surface area contributed by atoms with Gasteiger partial charge in [0.05, 0.1) is 7.11 Å². The lowest BCUT2D eigenvalue weighted by molar-refractivity contribution is -0.120. The summed E-state index contributed by atoms with van der Waals surface area (Å²) in [6.07, 6.45) is 0. The monoisotopic (exact) mass is 304 g/mol. The standard InChI is InChI=1S/C16H17ClN2O2/c1-21-14-8-7-13(17)9-12(14)10-19-15(16(18)20)11-5-3-2-4-6-11/h2-9,15,19H,10H2,1H3,(H2,18,20). The molecule has 0 aliphatic carbocycles. The van der Waals surface area contributed by atoms with Crippen LogP contribution >= 0.6 is 11.6 Å². The fourth-order valence-electron chi connectivity index (χ4n) is 2.13. The lowest BCUT2D eigenvalue weighted by atomic mass is 10.1. The van der Waals surface area contributed by atoms with Crippen molar-refractivity contribution in [1.29, 1.82) is 0 Å². The number of carbonyl (C=O) groups is 1. The first-order chi connectivity index (χ1) is 10.1. The summed E-state index contributed by atoms with van der Waals surface area (Å²) in [6, 6.07) is 14.1. The van der Waals surface area contributed by atoms with E-state index in [4.69, 9.17) is 22.1 Å². The van der Waals surface area contributed by atoms with Gasteiger partial charge in [-0.2, -0.15) is 0 Å².